The van der Waals surface area contributed by atoms with Crippen LogP contribution in [0.5, 0.6) is 0 Å². The number of H-pyrrole nitrogens is 1. The lowest BCUT2D eigenvalue weighted by Crippen LogP contribution is -2.38. The van der Waals surface area contributed by atoms with Crippen LogP contribution in [0, 0.1) is 0 Å². The lowest BCUT2D eigenvalue weighted by molar-refractivity contribution is 0.356. The van der Waals surface area contributed by atoms with Crippen LogP contribution in [-0.2, 0) is 5.54 Å². The summed E-state index contributed by atoms with van der Waals surface area (Å²) in [6.07, 6.45) is 12.9. The highest BCUT2D eigenvalue weighted by Gasteiger charge is 2.31. The number of nitrogens with one attached hydrogen (secondary N) is 1. The highest BCUT2D eigenvalue weighted by molar-refractivity contribution is 5.65. The van der Waals surface area contributed by atoms with Gasteiger partial charge in [0.1, 0.15) is 0 Å². The van der Waals surface area contributed by atoms with Gasteiger partial charge in [0.05, 0.1) is 5.54 Å². The monoisotopic (exact) mass is 242 g/mol. The number of aromatic nitrogens is 4. The van der Waals surface area contributed by atoms with Crippen LogP contribution in [-0.4, -0.2) is 19.5 Å². The standard InChI is InChI=1S/C13H14N4O/c1-2-13(6-4-3-5-7-13)17-11-10(16-12(17)18)14-8-9-15-11/h3-6,8-9H,2,7H2,1H3,(H,14,16,18)/t13-/m1/s1. The van der Waals surface area contributed by atoms with E-state index in [9.17, 15) is 4.79 Å². The molecule has 5 heteroatoms. The molecule has 1 aliphatic rings. The quantitative estimate of drug-likeness (QED) is 0.872. The van der Waals surface area contributed by atoms with Crippen molar-refractivity contribution in [3.8, 4) is 0 Å². The maximum Gasteiger partial charge on any atom is 0.329 e. The third-order valence-electron chi connectivity index (χ3n) is 3.50. The Morgan fingerprint density at radius 3 is 2.94 bits per heavy atom. The Bertz CT molecular complexity index is 694. The number of hydrogen-bond donors (Lipinski definition) is 1. The lowest BCUT2D eigenvalue weighted by atomic mass is 9.88. The van der Waals surface area contributed by atoms with Crippen LogP contribution in [0.25, 0.3) is 11.3 Å². The van der Waals surface area contributed by atoms with Crippen molar-refractivity contribution in [2.24, 2.45) is 0 Å². The number of allylic oxidation sites excluding steroid dienone is 4. The highest BCUT2D eigenvalue weighted by atomic mass is 16.1. The number of imidazole rings is 1. The molecule has 0 amide bonds. The Labute approximate surface area is 104 Å². The minimum absolute atomic E-state index is 0.155. The third-order valence-corrected chi connectivity index (χ3v) is 3.50. The zero-order chi connectivity index (χ0) is 12.6. The Morgan fingerprint density at radius 2 is 2.22 bits per heavy atom. The SMILES string of the molecule is CC[C@@]1(n2c(=O)[nH]c3nccnc32)C=CC=CC1. The van der Waals surface area contributed by atoms with Crippen molar-refractivity contribution in [3.05, 3.63) is 47.2 Å². The predicted octanol–water partition coefficient (Wildman–Crippen LogP) is 1.74. The molecule has 0 aliphatic heterocycles. The molecule has 0 saturated heterocycles. The largest absolute Gasteiger partial charge is 0.329 e. The van der Waals surface area contributed by atoms with Crippen molar-refractivity contribution in [3.63, 3.8) is 0 Å². The lowest BCUT2D eigenvalue weighted by Gasteiger charge is -2.31. The predicted molar refractivity (Wildman–Crippen MR) is 69.3 cm³/mol. The van der Waals surface area contributed by atoms with Gasteiger partial charge in [-0.05, 0) is 12.8 Å². The maximum absolute atomic E-state index is 12.2. The van der Waals surface area contributed by atoms with Crippen molar-refractivity contribution >= 4 is 11.3 Å². The summed E-state index contributed by atoms with van der Waals surface area (Å²) in [6, 6.07) is 0. The second-order valence-electron chi connectivity index (χ2n) is 4.44. The zero-order valence-electron chi connectivity index (χ0n) is 10.1. The van der Waals surface area contributed by atoms with E-state index < -0.39 is 0 Å². The van der Waals surface area contributed by atoms with Gasteiger partial charge in [-0.3, -0.25) is 9.55 Å². The second-order valence-corrected chi connectivity index (χ2v) is 4.44. The van der Waals surface area contributed by atoms with E-state index in [2.05, 4.69) is 34.0 Å². The smallest absolute Gasteiger partial charge is 0.289 e. The fourth-order valence-electron chi connectivity index (χ4n) is 2.49. The molecule has 3 rings (SSSR count). The molecule has 0 aromatic carbocycles. The Balaban J connectivity index is 2.31. The topological polar surface area (TPSA) is 63.6 Å². The van der Waals surface area contributed by atoms with Crippen LogP contribution < -0.4 is 5.69 Å². The minimum Gasteiger partial charge on any atom is -0.289 e. The molecule has 0 bridgehead atoms. The van der Waals surface area contributed by atoms with Gasteiger partial charge in [-0.25, -0.2) is 14.8 Å². The molecular formula is C13H14N4O. The van der Waals surface area contributed by atoms with E-state index in [-0.39, 0.29) is 11.2 Å². The molecule has 0 radical (unpaired) electrons. The van der Waals surface area contributed by atoms with Gasteiger partial charge in [0.15, 0.2) is 11.3 Å². The first kappa shape index (κ1) is 11.0. The van der Waals surface area contributed by atoms with Gasteiger partial charge in [0, 0.05) is 12.4 Å². The van der Waals surface area contributed by atoms with Gasteiger partial charge in [-0.15, -0.1) is 0 Å². The summed E-state index contributed by atoms with van der Waals surface area (Å²) in [5.41, 5.74) is 0.667. The number of hydrogen-bond acceptors (Lipinski definition) is 3. The normalized spacial score (nSPS) is 22.7. The van der Waals surface area contributed by atoms with E-state index in [1.807, 2.05) is 12.2 Å². The van der Waals surface area contributed by atoms with Crippen molar-refractivity contribution in [2.45, 2.75) is 25.3 Å². The molecular weight excluding hydrogens is 228 g/mol. The summed E-state index contributed by atoms with van der Waals surface area (Å²) in [6.45, 7) is 2.07. The number of rotatable bonds is 2. The molecule has 1 N–H and O–H groups in total. The Morgan fingerprint density at radius 1 is 1.39 bits per heavy atom. The number of fused-ring (bicyclic) bond motifs is 1. The summed E-state index contributed by atoms with van der Waals surface area (Å²) >= 11 is 0. The van der Waals surface area contributed by atoms with Crippen LogP contribution >= 0.6 is 0 Å². The van der Waals surface area contributed by atoms with Crippen LogP contribution in [0.4, 0.5) is 0 Å². The van der Waals surface area contributed by atoms with Crippen molar-refractivity contribution in [1.29, 1.82) is 0 Å². The van der Waals surface area contributed by atoms with Crippen LogP contribution in [0.15, 0.2) is 41.5 Å². The van der Waals surface area contributed by atoms with E-state index in [0.29, 0.717) is 11.3 Å². The maximum atomic E-state index is 12.2. The Hall–Kier alpha value is -2.17. The molecule has 0 unspecified atom stereocenters. The van der Waals surface area contributed by atoms with E-state index in [4.69, 9.17) is 0 Å². The fraction of sp³-hybridized carbons (Fsp3) is 0.308. The average molecular weight is 242 g/mol. The van der Waals surface area contributed by atoms with Crippen molar-refractivity contribution in [2.75, 3.05) is 0 Å². The van der Waals surface area contributed by atoms with Gasteiger partial charge in [-0.1, -0.05) is 31.2 Å². The molecule has 92 valence electrons. The fourth-order valence-corrected chi connectivity index (χ4v) is 2.49. The molecule has 0 spiro atoms. The zero-order valence-corrected chi connectivity index (χ0v) is 10.1. The molecule has 2 heterocycles. The molecule has 0 saturated carbocycles. The average Bonchev–Trinajstić information content (AvgIpc) is 2.76. The van der Waals surface area contributed by atoms with E-state index in [0.717, 1.165) is 12.8 Å². The van der Waals surface area contributed by atoms with Gasteiger partial charge in [-0.2, -0.15) is 0 Å². The van der Waals surface area contributed by atoms with Gasteiger partial charge < -0.3 is 0 Å². The van der Waals surface area contributed by atoms with E-state index >= 15 is 0 Å². The molecule has 1 atom stereocenters. The number of nitrogens with zero attached hydrogens (tertiary/aromatic N) is 3. The second kappa shape index (κ2) is 3.94. The first-order valence-corrected chi connectivity index (χ1v) is 6.03. The van der Waals surface area contributed by atoms with Gasteiger partial charge in [0.2, 0.25) is 0 Å². The van der Waals surface area contributed by atoms with Gasteiger partial charge in [0.25, 0.3) is 0 Å². The summed E-state index contributed by atoms with van der Waals surface area (Å²) in [5.74, 6) is 0. The molecule has 1 aliphatic carbocycles. The van der Waals surface area contributed by atoms with E-state index in [1.54, 1.807) is 17.0 Å². The first-order chi connectivity index (χ1) is 8.77. The first-order valence-electron chi connectivity index (χ1n) is 6.03. The van der Waals surface area contributed by atoms with Crippen molar-refractivity contribution in [1.82, 2.24) is 19.5 Å². The summed E-state index contributed by atoms with van der Waals surface area (Å²) in [7, 11) is 0. The minimum atomic E-state index is -0.333. The third kappa shape index (κ3) is 1.44. The summed E-state index contributed by atoms with van der Waals surface area (Å²) in [4.78, 5) is 23.4. The molecule has 5 nitrogen and oxygen atoms in total. The van der Waals surface area contributed by atoms with Crippen LogP contribution in [0.2, 0.25) is 0 Å². The molecule has 18 heavy (non-hydrogen) atoms. The highest BCUT2D eigenvalue weighted by Crippen LogP contribution is 2.30. The van der Waals surface area contributed by atoms with Crippen LogP contribution in [0.1, 0.15) is 19.8 Å². The summed E-state index contributed by atoms with van der Waals surface area (Å²) < 4.78 is 1.72. The number of aromatic amines is 1. The van der Waals surface area contributed by atoms with Crippen molar-refractivity contribution < 1.29 is 0 Å². The van der Waals surface area contributed by atoms with Gasteiger partial charge >= 0.3 is 5.69 Å². The molecule has 2 aromatic heterocycles. The van der Waals surface area contributed by atoms with Crippen LogP contribution in [0.3, 0.4) is 0 Å². The van der Waals surface area contributed by atoms with E-state index in [1.165, 1.54) is 0 Å². The Kier molecular flexibility index (Phi) is 2.40. The molecule has 0 fully saturated rings. The molecule has 2 aromatic rings. The summed E-state index contributed by atoms with van der Waals surface area (Å²) in [5, 5.41) is 0.